The van der Waals surface area contributed by atoms with E-state index in [1.807, 2.05) is 12.1 Å². The van der Waals surface area contributed by atoms with Gasteiger partial charge in [0, 0.05) is 34.3 Å². The van der Waals surface area contributed by atoms with E-state index in [-0.39, 0.29) is 35.2 Å². The molecule has 2 atom stereocenters. The van der Waals surface area contributed by atoms with Gasteiger partial charge in [-0.25, -0.2) is 4.79 Å². The van der Waals surface area contributed by atoms with Gasteiger partial charge in [-0.3, -0.25) is 4.98 Å². The molecule has 1 N–H and O–H groups in total. The quantitative estimate of drug-likeness (QED) is 0.211. The molecular weight excluding hydrogens is 542 g/mol. The van der Waals surface area contributed by atoms with Crippen molar-refractivity contribution in [2.45, 2.75) is 56.7 Å². The van der Waals surface area contributed by atoms with E-state index in [1.54, 1.807) is 36.5 Å². The summed E-state index contributed by atoms with van der Waals surface area (Å²) in [5.41, 5.74) is 3.19. The second-order valence-corrected chi connectivity index (χ2v) is 10.8. The molecule has 40 heavy (non-hydrogen) atoms. The van der Waals surface area contributed by atoms with Crippen molar-refractivity contribution in [3.63, 3.8) is 0 Å². The van der Waals surface area contributed by atoms with E-state index >= 15 is 0 Å². The normalized spacial score (nSPS) is 20.0. The number of rotatable bonds is 10. The Morgan fingerprint density at radius 1 is 1.20 bits per heavy atom. The number of carboxylic acid groups (broad SMARTS) is 1. The van der Waals surface area contributed by atoms with Crippen LogP contribution in [-0.2, 0) is 12.0 Å². The van der Waals surface area contributed by atoms with Crippen LogP contribution in [0.25, 0.3) is 11.3 Å². The fraction of sp³-hybridized carbons (Fsp3) is 0.300. The third-order valence-corrected chi connectivity index (χ3v) is 8.06. The summed E-state index contributed by atoms with van der Waals surface area (Å²) in [7, 11) is 0. The Balaban J connectivity index is 1.22. The van der Waals surface area contributed by atoms with Gasteiger partial charge >= 0.3 is 12.6 Å². The van der Waals surface area contributed by atoms with Gasteiger partial charge in [0.05, 0.1) is 11.1 Å². The minimum absolute atomic E-state index is 0.0124. The molecule has 2 aliphatic rings. The van der Waals surface area contributed by atoms with Gasteiger partial charge in [0.25, 0.3) is 0 Å². The number of para-hydroxylation sites is 1. The standard InChI is InChI=1S/C30H25ClF2N2O5/c1-30(18-10-17(28(36)37)13-34-14-18)12-23(30)20-9-8-19(11-24(20)31)38-15-22-26(35-40-27(22)16-6-7-16)21-4-2-3-5-25(21)39-29(32)33/h2-5,8-11,13-14,16,23,29H,6-7,12,15H2,1H3,(H,36,37). The fourth-order valence-corrected chi connectivity index (χ4v) is 5.54. The van der Waals surface area contributed by atoms with Crippen molar-refractivity contribution in [3.8, 4) is 22.8 Å². The molecule has 2 aromatic carbocycles. The van der Waals surface area contributed by atoms with Crippen LogP contribution in [0.4, 0.5) is 8.78 Å². The Bertz CT molecular complexity index is 1590. The van der Waals surface area contributed by atoms with E-state index in [0.717, 1.165) is 30.4 Å². The number of halogens is 3. The highest BCUT2D eigenvalue weighted by molar-refractivity contribution is 6.31. The Hall–Kier alpha value is -3.98. The van der Waals surface area contributed by atoms with Gasteiger partial charge in [-0.15, -0.1) is 0 Å². The van der Waals surface area contributed by atoms with Gasteiger partial charge in [-0.05, 0) is 66.6 Å². The first kappa shape index (κ1) is 26.3. The number of hydrogen-bond acceptors (Lipinski definition) is 6. The van der Waals surface area contributed by atoms with E-state index in [0.29, 0.717) is 33.4 Å². The zero-order valence-electron chi connectivity index (χ0n) is 21.4. The maximum absolute atomic E-state index is 13.0. The third kappa shape index (κ3) is 5.01. The number of ether oxygens (including phenoxy) is 2. The van der Waals surface area contributed by atoms with Crippen molar-refractivity contribution in [3.05, 3.63) is 94.0 Å². The van der Waals surface area contributed by atoms with Crippen LogP contribution in [0.15, 0.2) is 65.4 Å². The van der Waals surface area contributed by atoms with Crippen LogP contribution in [0.3, 0.4) is 0 Å². The molecular formula is C30H25ClF2N2O5. The maximum atomic E-state index is 13.0. The van der Waals surface area contributed by atoms with Gasteiger partial charge in [0.1, 0.15) is 29.6 Å². The van der Waals surface area contributed by atoms with E-state index < -0.39 is 12.6 Å². The molecule has 206 valence electrons. The SMILES string of the molecule is CC1(c2cncc(C(=O)O)c2)CC1c1ccc(OCc2c(-c3ccccc3OC(F)F)noc2C2CC2)cc1Cl. The third-order valence-electron chi connectivity index (χ3n) is 7.74. The number of aromatic carboxylic acids is 1. The summed E-state index contributed by atoms with van der Waals surface area (Å²) < 4.78 is 42.5. The molecule has 0 amide bonds. The highest BCUT2D eigenvalue weighted by Crippen LogP contribution is 2.61. The molecule has 2 aliphatic carbocycles. The Labute approximate surface area is 233 Å². The van der Waals surface area contributed by atoms with Crippen molar-refractivity contribution in [2.24, 2.45) is 0 Å². The number of alkyl halides is 2. The van der Waals surface area contributed by atoms with Crippen molar-refractivity contribution >= 4 is 17.6 Å². The molecule has 2 unspecified atom stereocenters. The molecule has 2 fully saturated rings. The van der Waals surface area contributed by atoms with E-state index in [2.05, 4.69) is 17.1 Å². The lowest BCUT2D eigenvalue weighted by Gasteiger charge is -2.14. The monoisotopic (exact) mass is 566 g/mol. The zero-order valence-corrected chi connectivity index (χ0v) is 22.2. The number of nitrogens with zero attached hydrogens (tertiary/aromatic N) is 2. The summed E-state index contributed by atoms with van der Waals surface area (Å²) >= 11 is 6.70. The summed E-state index contributed by atoms with van der Waals surface area (Å²) in [5.74, 6) is 0.555. The fourth-order valence-electron chi connectivity index (χ4n) is 5.24. The van der Waals surface area contributed by atoms with Crippen molar-refractivity contribution < 1.29 is 32.7 Å². The number of benzene rings is 2. The predicted molar refractivity (Wildman–Crippen MR) is 142 cm³/mol. The summed E-state index contributed by atoms with van der Waals surface area (Å²) in [5, 5.41) is 14.1. The van der Waals surface area contributed by atoms with Crippen molar-refractivity contribution in [2.75, 3.05) is 0 Å². The Morgan fingerprint density at radius 3 is 2.73 bits per heavy atom. The van der Waals surface area contributed by atoms with Crippen molar-refractivity contribution in [1.29, 1.82) is 0 Å². The minimum Gasteiger partial charge on any atom is -0.489 e. The largest absolute Gasteiger partial charge is 0.489 e. The van der Waals surface area contributed by atoms with Crippen molar-refractivity contribution in [1.82, 2.24) is 10.1 Å². The average molecular weight is 567 g/mol. The second kappa shape index (κ2) is 10.2. The van der Waals surface area contributed by atoms with Gasteiger partial charge < -0.3 is 19.1 Å². The number of hydrogen-bond donors (Lipinski definition) is 1. The molecule has 6 rings (SSSR count). The maximum Gasteiger partial charge on any atom is 0.387 e. The van der Waals surface area contributed by atoms with Crippen LogP contribution >= 0.6 is 11.6 Å². The van der Waals surface area contributed by atoms with Crippen LogP contribution in [0, 0.1) is 0 Å². The summed E-state index contributed by atoms with van der Waals surface area (Å²) in [6.45, 7) is -0.788. The average Bonchev–Trinajstić information content (AvgIpc) is 3.85. The Morgan fingerprint density at radius 2 is 2.00 bits per heavy atom. The summed E-state index contributed by atoms with van der Waals surface area (Å²) in [4.78, 5) is 15.5. The van der Waals surface area contributed by atoms with Gasteiger partial charge in [-0.1, -0.05) is 41.9 Å². The molecule has 0 bridgehead atoms. The smallest absolute Gasteiger partial charge is 0.387 e. The topological polar surface area (TPSA) is 94.7 Å². The molecule has 0 saturated heterocycles. The van der Waals surface area contributed by atoms with Crippen LogP contribution in [0.1, 0.15) is 70.8 Å². The molecule has 2 saturated carbocycles. The molecule has 2 aromatic heterocycles. The minimum atomic E-state index is -2.97. The molecule has 0 radical (unpaired) electrons. The Kier molecular flexibility index (Phi) is 6.70. The number of pyridine rings is 1. The van der Waals surface area contributed by atoms with Gasteiger partial charge in [0.15, 0.2) is 0 Å². The van der Waals surface area contributed by atoms with E-state index in [9.17, 15) is 18.7 Å². The molecule has 4 aromatic rings. The first-order valence-corrected chi connectivity index (χ1v) is 13.3. The van der Waals surface area contributed by atoms with Crippen LogP contribution in [-0.4, -0.2) is 27.8 Å². The second-order valence-electron chi connectivity index (χ2n) is 10.4. The lowest BCUT2D eigenvalue weighted by Crippen LogP contribution is -2.08. The summed E-state index contributed by atoms with van der Waals surface area (Å²) in [6, 6.07) is 13.6. The molecule has 10 heteroatoms. The molecule has 0 spiro atoms. The van der Waals surface area contributed by atoms with E-state index in [4.69, 9.17) is 25.6 Å². The number of carbonyl (C=O) groups is 1. The first-order chi connectivity index (χ1) is 19.2. The van der Waals surface area contributed by atoms with Crippen LogP contribution in [0.5, 0.6) is 11.5 Å². The lowest BCUT2D eigenvalue weighted by atomic mass is 9.93. The highest BCUT2D eigenvalue weighted by Gasteiger charge is 2.53. The first-order valence-electron chi connectivity index (χ1n) is 12.9. The molecule has 2 heterocycles. The predicted octanol–water partition coefficient (Wildman–Crippen LogP) is 7.59. The van der Waals surface area contributed by atoms with E-state index in [1.165, 1.54) is 12.3 Å². The molecule has 0 aliphatic heterocycles. The molecule has 7 nitrogen and oxygen atoms in total. The van der Waals surface area contributed by atoms with Gasteiger partial charge in [-0.2, -0.15) is 8.78 Å². The lowest BCUT2D eigenvalue weighted by molar-refractivity contribution is -0.0494. The highest BCUT2D eigenvalue weighted by atomic mass is 35.5. The van der Waals surface area contributed by atoms with Crippen LogP contribution in [0.2, 0.25) is 5.02 Å². The van der Waals surface area contributed by atoms with Gasteiger partial charge in [0.2, 0.25) is 0 Å². The number of aromatic nitrogens is 2. The van der Waals surface area contributed by atoms with Crippen LogP contribution < -0.4 is 9.47 Å². The zero-order chi connectivity index (χ0) is 28.0. The number of carboxylic acids is 1. The summed E-state index contributed by atoms with van der Waals surface area (Å²) in [6.07, 6.45) is 5.78.